The highest BCUT2D eigenvalue weighted by molar-refractivity contribution is 9.10. The Labute approximate surface area is 124 Å². The van der Waals surface area contributed by atoms with E-state index in [1.165, 1.54) is 12.1 Å². The molecule has 0 fully saturated rings. The first-order valence-corrected chi connectivity index (χ1v) is 6.88. The molecule has 0 bridgehead atoms. The molecule has 0 amide bonds. The number of nitrogens with two attached hydrogens (primary N) is 1. The highest BCUT2D eigenvalue weighted by atomic mass is 79.9. The molecule has 106 valence electrons. The van der Waals surface area contributed by atoms with E-state index in [0.717, 1.165) is 16.1 Å². The zero-order chi connectivity index (χ0) is 14.7. The molecule has 2 rings (SSSR count). The Kier molecular flexibility index (Phi) is 4.73. The van der Waals surface area contributed by atoms with Crippen molar-refractivity contribution in [3.8, 4) is 5.75 Å². The number of ether oxygens (including phenoxy) is 1. The highest BCUT2D eigenvalue weighted by Gasteiger charge is 2.10. The summed E-state index contributed by atoms with van der Waals surface area (Å²) in [7, 11) is 0. The molecule has 0 saturated carbocycles. The van der Waals surface area contributed by atoms with Gasteiger partial charge in [0.05, 0.1) is 0 Å². The van der Waals surface area contributed by atoms with Crippen LogP contribution in [-0.4, -0.2) is 0 Å². The summed E-state index contributed by atoms with van der Waals surface area (Å²) in [6, 6.07) is 8.66. The molecular formula is C15H14BrF2NO. The van der Waals surface area contributed by atoms with Gasteiger partial charge in [-0.05, 0) is 37.3 Å². The van der Waals surface area contributed by atoms with Gasteiger partial charge in [0.15, 0.2) is 0 Å². The maximum Gasteiger partial charge on any atom is 0.132 e. The molecule has 0 spiro atoms. The van der Waals surface area contributed by atoms with E-state index in [9.17, 15) is 8.78 Å². The monoisotopic (exact) mass is 341 g/mol. The first-order chi connectivity index (χ1) is 9.47. The van der Waals surface area contributed by atoms with Gasteiger partial charge in [-0.3, -0.25) is 0 Å². The third-order valence-electron chi connectivity index (χ3n) is 2.86. The van der Waals surface area contributed by atoms with Crippen molar-refractivity contribution in [2.75, 3.05) is 0 Å². The van der Waals surface area contributed by atoms with Crippen LogP contribution in [0.2, 0.25) is 0 Å². The van der Waals surface area contributed by atoms with Crippen LogP contribution >= 0.6 is 15.9 Å². The van der Waals surface area contributed by atoms with Crippen LogP contribution in [-0.2, 0) is 6.61 Å². The number of halogens is 3. The minimum atomic E-state index is -0.621. The van der Waals surface area contributed by atoms with Gasteiger partial charge in [0.25, 0.3) is 0 Å². The van der Waals surface area contributed by atoms with Crippen LogP contribution in [0.5, 0.6) is 5.75 Å². The zero-order valence-electron chi connectivity index (χ0n) is 10.9. The number of hydrogen-bond acceptors (Lipinski definition) is 2. The molecule has 1 atom stereocenters. The van der Waals surface area contributed by atoms with Gasteiger partial charge in [0.2, 0.25) is 0 Å². The smallest absolute Gasteiger partial charge is 0.132 e. The van der Waals surface area contributed by atoms with Crippen molar-refractivity contribution in [2.45, 2.75) is 19.6 Å². The summed E-state index contributed by atoms with van der Waals surface area (Å²) >= 11 is 3.37. The standard InChI is InChI=1S/C15H14BrF2NO/c1-9(19)13-6-11(16)3-5-15(13)20-8-10-2-4-12(17)7-14(10)18/h2-7,9H,8,19H2,1H3. The molecule has 20 heavy (non-hydrogen) atoms. The lowest BCUT2D eigenvalue weighted by atomic mass is 10.1. The Morgan fingerprint density at radius 3 is 2.60 bits per heavy atom. The van der Waals surface area contributed by atoms with Crippen LogP contribution in [0.1, 0.15) is 24.1 Å². The Hall–Kier alpha value is -1.46. The molecule has 2 nitrogen and oxygen atoms in total. The quantitative estimate of drug-likeness (QED) is 0.898. The summed E-state index contributed by atoms with van der Waals surface area (Å²) in [5, 5.41) is 0. The molecule has 5 heteroatoms. The molecule has 0 heterocycles. The predicted octanol–water partition coefficient (Wildman–Crippen LogP) is 4.33. The van der Waals surface area contributed by atoms with Gasteiger partial charge in [-0.2, -0.15) is 0 Å². The maximum atomic E-state index is 13.5. The molecule has 0 aliphatic carbocycles. The van der Waals surface area contributed by atoms with Crippen LogP contribution in [0.15, 0.2) is 40.9 Å². The first-order valence-electron chi connectivity index (χ1n) is 6.09. The van der Waals surface area contributed by atoms with Crippen molar-refractivity contribution in [2.24, 2.45) is 5.73 Å². The summed E-state index contributed by atoms with van der Waals surface area (Å²) < 4.78 is 32.8. The summed E-state index contributed by atoms with van der Waals surface area (Å²) in [6.45, 7) is 1.86. The lowest BCUT2D eigenvalue weighted by Crippen LogP contribution is -2.08. The van der Waals surface area contributed by atoms with E-state index >= 15 is 0 Å². The van der Waals surface area contributed by atoms with Crippen molar-refractivity contribution >= 4 is 15.9 Å². The van der Waals surface area contributed by atoms with Crippen LogP contribution in [0.25, 0.3) is 0 Å². The lowest BCUT2D eigenvalue weighted by Gasteiger charge is -2.14. The van der Waals surface area contributed by atoms with Crippen molar-refractivity contribution in [3.63, 3.8) is 0 Å². The van der Waals surface area contributed by atoms with E-state index in [1.54, 1.807) is 6.07 Å². The summed E-state index contributed by atoms with van der Waals surface area (Å²) in [5.41, 5.74) is 7.00. The van der Waals surface area contributed by atoms with Crippen molar-refractivity contribution in [3.05, 3.63) is 63.6 Å². The van der Waals surface area contributed by atoms with E-state index in [1.807, 2.05) is 19.1 Å². The van der Waals surface area contributed by atoms with Gasteiger partial charge in [0, 0.05) is 27.7 Å². The Morgan fingerprint density at radius 1 is 1.20 bits per heavy atom. The van der Waals surface area contributed by atoms with Crippen LogP contribution in [0.4, 0.5) is 8.78 Å². The van der Waals surface area contributed by atoms with E-state index in [0.29, 0.717) is 11.3 Å². The second-order valence-corrected chi connectivity index (χ2v) is 5.41. The predicted molar refractivity (Wildman–Crippen MR) is 77.4 cm³/mol. The molecule has 2 aromatic rings. The topological polar surface area (TPSA) is 35.2 Å². The minimum Gasteiger partial charge on any atom is -0.488 e. The Bertz CT molecular complexity index is 617. The molecule has 0 aliphatic heterocycles. The fraction of sp³-hybridized carbons (Fsp3) is 0.200. The van der Waals surface area contributed by atoms with Crippen molar-refractivity contribution in [1.29, 1.82) is 0 Å². The van der Waals surface area contributed by atoms with Gasteiger partial charge in [-0.25, -0.2) is 8.78 Å². The molecular weight excluding hydrogens is 328 g/mol. The Balaban J connectivity index is 2.18. The molecule has 1 unspecified atom stereocenters. The maximum absolute atomic E-state index is 13.5. The fourth-order valence-corrected chi connectivity index (χ4v) is 2.18. The third-order valence-corrected chi connectivity index (χ3v) is 3.35. The SMILES string of the molecule is CC(N)c1cc(Br)ccc1OCc1ccc(F)cc1F. The van der Waals surface area contributed by atoms with E-state index in [4.69, 9.17) is 10.5 Å². The zero-order valence-corrected chi connectivity index (χ0v) is 12.5. The van der Waals surface area contributed by atoms with Crippen molar-refractivity contribution in [1.82, 2.24) is 0 Å². The fourth-order valence-electron chi connectivity index (χ4n) is 1.80. The molecule has 0 saturated heterocycles. The van der Waals surface area contributed by atoms with E-state index in [-0.39, 0.29) is 12.6 Å². The summed E-state index contributed by atoms with van der Waals surface area (Å²) in [6.07, 6.45) is 0. The Morgan fingerprint density at radius 2 is 1.95 bits per heavy atom. The summed E-state index contributed by atoms with van der Waals surface area (Å²) in [5.74, 6) is -0.637. The molecule has 0 aliphatic rings. The normalized spacial score (nSPS) is 12.2. The van der Waals surface area contributed by atoms with Gasteiger partial charge < -0.3 is 10.5 Å². The number of benzene rings is 2. The van der Waals surface area contributed by atoms with Crippen LogP contribution in [0, 0.1) is 11.6 Å². The highest BCUT2D eigenvalue weighted by Crippen LogP contribution is 2.28. The number of hydrogen-bond donors (Lipinski definition) is 1. The second kappa shape index (κ2) is 6.33. The van der Waals surface area contributed by atoms with E-state index < -0.39 is 11.6 Å². The van der Waals surface area contributed by atoms with Gasteiger partial charge in [0.1, 0.15) is 24.0 Å². The lowest BCUT2D eigenvalue weighted by molar-refractivity contribution is 0.295. The van der Waals surface area contributed by atoms with Crippen LogP contribution < -0.4 is 10.5 Å². The van der Waals surface area contributed by atoms with Gasteiger partial charge >= 0.3 is 0 Å². The average Bonchev–Trinajstić information content (AvgIpc) is 2.38. The molecule has 0 radical (unpaired) electrons. The van der Waals surface area contributed by atoms with Crippen molar-refractivity contribution < 1.29 is 13.5 Å². The van der Waals surface area contributed by atoms with E-state index in [2.05, 4.69) is 15.9 Å². The molecule has 2 N–H and O–H groups in total. The molecule has 2 aromatic carbocycles. The summed E-state index contributed by atoms with van der Waals surface area (Å²) in [4.78, 5) is 0. The second-order valence-electron chi connectivity index (χ2n) is 4.50. The van der Waals surface area contributed by atoms with Crippen LogP contribution in [0.3, 0.4) is 0 Å². The van der Waals surface area contributed by atoms with Gasteiger partial charge in [-0.15, -0.1) is 0 Å². The minimum absolute atomic E-state index is 0.0213. The number of rotatable bonds is 4. The average molecular weight is 342 g/mol. The molecule has 0 aromatic heterocycles. The largest absolute Gasteiger partial charge is 0.488 e. The first kappa shape index (κ1) is 14.9. The third kappa shape index (κ3) is 3.55. The van der Waals surface area contributed by atoms with Gasteiger partial charge in [-0.1, -0.05) is 15.9 Å².